The van der Waals surface area contributed by atoms with Gasteiger partial charge in [-0.25, -0.2) is 0 Å². The molecule has 0 spiro atoms. The monoisotopic (exact) mass is 506 g/mol. The fraction of sp³-hybridized carbons (Fsp3) is 0.0500. The average molecular weight is 506 g/mol. The van der Waals surface area contributed by atoms with Crippen molar-refractivity contribution in [3.05, 3.63) is 80.8 Å². The largest absolute Gasteiger partial charge is 0.325 e. The number of thioether (sulfide) groups is 1. The molecular weight excluding hydrogens is 491 g/mol. The molecule has 0 aromatic heterocycles. The third-order valence-corrected chi connectivity index (χ3v) is 5.69. The summed E-state index contributed by atoms with van der Waals surface area (Å²) >= 11 is 8.64. The summed E-state index contributed by atoms with van der Waals surface area (Å²) in [6, 6.07) is 17.3. The maximum Gasteiger partial charge on any atom is 0.266 e. The third kappa shape index (κ3) is 5.50. The Morgan fingerprint density at radius 2 is 1.96 bits per heavy atom. The molecule has 0 radical (unpaired) electrons. The molecule has 2 aromatic carbocycles. The highest BCUT2D eigenvalue weighted by Crippen LogP contribution is 2.30. The summed E-state index contributed by atoms with van der Waals surface area (Å²) in [7, 11) is 0. The lowest BCUT2D eigenvalue weighted by atomic mass is 10.2. The molecule has 0 aliphatic carbocycles. The quantitative estimate of drug-likeness (QED) is 0.364. The lowest BCUT2D eigenvalue weighted by Crippen LogP contribution is -2.36. The minimum absolute atomic E-state index is 0.101. The molecule has 0 saturated carbocycles. The van der Waals surface area contributed by atoms with Gasteiger partial charge in [0.2, 0.25) is 5.91 Å². The zero-order valence-electron chi connectivity index (χ0n) is 14.1. The number of thiocarbonyl (C=S) groups is 1. The number of carbonyl (C=O) groups is 2. The van der Waals surface area contributed by atoms with Crippen molar-refractivity contribution in [2.45, 2.75) is 0 Å². The van der Waals surface area contributed by atoms with Gasteiger partial charge in [-0.15, -0.1) is 0 Å². The Morgan fingerprint density at radius 3 is 2.70 bits per heavy atom. The van der Waals surface area contributed by atoms with E-state index < -0.39 is 0 Å². The Bertz CT molecular complexity index is 942. The van der Waals surface area contributed by atoms with Gasteiger partial charge in [0.05, 0.1) is 4.91 Å². The molecule has 1 aliphatic heterocycles. The molecule has 2 aromatic rings. The SMILES string of the molecule is O=C(CN1C(=O)/C(=C/C=C/c2ccccc2)SC1=S)Nc1cccc(I)c1. The number of nitrogens with zero attached hydrogens (tertiary/aromatic N) is 1. The number of carbonyl (C=O) groups excluding carboxylic acids is 2. The molecule has 0 bridgehead atoms. The van der Waals surface area contributed by atoms with E-state index >= 15 is 0 Å². The lowest BCUT2D eigenvalue weighted by Gasteiger charge is -2.14. The first kappa shape index (κ1) is 19.8. The van der Waals surface area contributed by atoms with Crippen molar-refractivity contribution in [1.29, 1.82) is 0 Å². The fourth-order valence-electron chi connectivity index (χ4n) is 2.37. The summed E-state index contributed by atoms with van der Waals surface area (Å²) in [5, 5.41) is 2.79. The number of halogens is 1. The van der Waals surface area contributed by atoms with E-state index in [0.29, 0.717) is 14.9 Å². The van der Waals surface area contributed by atoms with Crippen molar-refractivity contribution < 1.29 is 9.59 Å². The van der Waals surface area contributed by atoms with Crippen molar-refractivity contribution >= 4 is 74.5 Å². The standard InChI is InChI=1S/C20H15IN2O2S2/c21-15-9-5-10-16(12-15)22-18(24)13-23-19(25)17(27-20(23)26)11-4-8-14-6-2-1-3-7-14/h1-12H,13H2,(H,22,24)/b8-4+,17-11-. The molecule has 7 heteroatoms. The van der Waals surface area contributed by atoms with Crippen molar-refractivity contribution in [2.75, 3.05) is 11.9 Å². The van der Waals surface area contributed by atoms with Gasteiger partial charge in [-0.3, -0.25) is 14.5 Å². The molecule has 1 saturated heterocycles. The second-order valence-electron chi connectivity index (χ2n) is 5.62. The zero-order chi connectivity index (χ0) is 19.2. The van der Waals surface area contributed by atoms with Gasteiger partial charge in [-0.05, 0) is 52.4 Å². The number of nitrogens with one attached hydrogen (secondary N) is 1. The van der Waals surface area contributed by atoms with Crippen LogP contribution >= 0.6 is 46.6 Å². The maximum atomic E-state index is 12.5. The molecule has 1 N–H and O–H groups in total. The van der Waals surface area contributed by atoms with E-state index in [-0.39, 0.29) is 18.4 Å². The van der Waals surface area contributed by atoms with Crippen LogP contribution in [0, 0.1) is 3.57 Å². The predicted molar refractivity (Wildman–Crippen MR) is 123 cm³/mol. The molecule has 1 aliphatic rings. The van der Waals surface area contributed by atoms with Crippen molar-refractivity contribution in [2.24, 2.45) is 0 Å². The minimum Gasteiger partial charge on any atom is -0.325 e. The Hall–Kier alpha value is -1.97. The van der Waals surface area contributed by atoms with Crippen LogP contribution in [0.4, 0.5) is 5.69 Å². The van der Waals surface area contributed by atoms with Gasteiger partial charge in [0.25, 0.3) is 5.91 Å². The van der Waals surface area contributed by atoms with Crippen LogP contribution < -0.4 is 5.32 Å². The van der Waals surface area contributed by atoms with E-state index in [4.69, 9.17) is 12.2 Å². The van der Waals surface area contributed by atoms with Gasteiger partial charge >= 0.3 is 0 Å². The molecule has 0 unspecified atom stereocenters. The van der Waals surface area contributed by atoms with Gasteiger partial charge in [-0.2, -0.15) is 0 Å². The highest BCUT2D eigenvalue weighted by Gasteiger charge is 2.33. The molecule has 136 valence electrons. The number of anilines is 1. The minimum atomic E-state index is -0.283. The molecule has 1 heterocycles. The van der Waals surface area contributed by atoms with Gasteiger partial charge in [-0.1, -0.05) is 72.5 Å². The van der Waals surface area contributed by atoms with Crippen LogP contribution in [-0.2, 0) is 9.59 Å². The topological polar surface area (TPSA) is 49.4 Å². The normalized spacial score (nSPS) is 15.7. The smallest absolute Gasteiger partial charge is 0.266 e. The lowest BCUT2D eigenvalue weighted by molar-refractivity contribution is -0.126. The Morgan fingerprint density at radius 1 is 1.19 bits per heavy atom. The first-order chi connectivity index (χ1) is 13.0. The fourth-order valence-corrected chi connectivity index (χ4v) is 4.12. The summed E-state index contributed by atoms with van der Waals surface area (Å²) in [6.45, 7) is -0.101. The number of allylic oxidation sites excluding steroid dienone is 2. The molecular formula is C20H15IN2O2S2. The van der Waals surface area contributed by atoms with E-state index in [1.54, 1.807) is 12.1 Å². The van der Waals surface area contributed by atoms with Crippen molar-refractivity contribution in [3.8, 4) is 0 Å². The van der Waals surface area contributed by atoms with Crippen LogP contribution in [0.3, 0.4) is 0 Å². The van der Waals surface area contributed by atoms with E-state index in [1.807, 2.05) is 60.7 Å². The van der Waals surface area contributed by atoms with Crippen LogP contribution in [-0.4, -0.2) is 27.6 Å². The van der Waals surface area contributed by atoms with Crippen molar-refractivity contribution in [1.82, 2.24) is 4.90 Å². The Labute approximate surface area is 180 Å². The summed E-state index contributed by atoms with van der Waals surface area (Å²) in [6.07, 6.45) is 5.45. The molecule has 2 amide bonds. The summed E-state index contributed by atoms with van der Waals surface area (Å²) in [5.41, 5.74) is 1.74. The molecule has 3 rings (SSSR count). The molecule has 1 fully saturated rings. The summed E-state index contributed by atoms with van der Waals surface area (Å²) in [4.78, 5) is 26.6. The van der Waals surface area contributed by atoms with Gasteiger partial charge in [0.1, 0.15) is 10.9 Å². The second-order valence-corrected chi connectivity index (χ2v) is 8.54. The van der Waals surface area contributed by atoms with Crippen molar-refractivity contribution in [3.63, 3.8) is 0 Å². The summed E-state index contributed by atoms with van der Waals surface area (Å²) < 4.78 is 1.40. The third-order valence-electron chi connectivity index (χ3n) is 3.62. The average Bonchev–Trinajstić information content (AvgIpc) is 2.90. The van der Waals surface area contributed by atoms with Crippen LogP contribution in [0.1, 0.15) is 5.56 Å². The number of amides is 2. The number of rotatable bonds is 5. The van der Waals surface area contributed by atoms with E-state index in [9.17, 15) is 9.59 Å². The van der Waals surface area contributed by atoms with Crippen LogP contribution in [0.15, 0.2) is 71.7 Å². The van der Waals surface area contributed by atoms with Gasteiger partial charge in [0.15, 0.2) is 0 Å². The highest BCUT2D eigenvalue weighted by molar-refractivity contribution is 14.1. The number of benzene rings is 2. The summed E-state index contributed by atoms with van der Waals surface area (Å²) in [5.74, 6) is -0.533. The van der Waals surface area contributed by atoms with Gasteiger partial charge in [0, 0.05) is 9.26 Å². The van der Waals surface area contributed by atoms with Gasteiger partial charge < -0.3 is 5.32 Å². The van der Waals surface area contributed by atoms with E-state index in [2.05, 4.69) is 27.9 Å². The number of hydrogen-bond acceptors (Lipinski definition) is 4. The first-order valence-corrected chi connectivity index (χ1v) is 10.4. The molecule has 27 heavy (non-hydrogen) atoms. The molecule has 4 nitrogen and oxygen atoms in total. The Kier molecular flexibility index (Phi) is 6.81. The van der Waals surface area contributed by atoms with E-state index in [0.717, 1.165) is 9.13 Å². The van der Waals surface area contributed by atoms with E-state index in [1.165, 1.54) is 16.7 Å². The second kappa shape index (κ2) is 9.29. The van der Waals surface area contributed by atoms with Crippen LogP contribution in [0.5, 0.6) is 0 Å². The zero-order valence-corrected chi connectivity index (χ0v) is 17.9. The maximum absolute atomic E-state index is 12.5. The Balaban J connectivity index is 1.62. The first-order valence-electron chi connectivity index (χ1n) is 8.05. The predicted octanol–water partition coefficient (Wildman–Crippen LogP) is 4.69. The van der Waals surface area contributed by atoms with Crippen LogP contribution in [0.25, 0.3) is 6.08 Å². The highest BCUT2D eigenvalue weighted by atomic mass is 127. The number of hydrogen-bond donors (Lipinski definition) is 1. The molecule has 0 atom stereocenters. The van der Waals surface area contributed by atoms with Crippen LogP contribution in [0.2, 0.25) is 0 Å².